The average Bonchev–Trinajstić information content (AvgIpc) is 3.06. The Kier molecular flexibility index (Phi) is 5.86. The summed E-state index contributed by atoms with van der Waals surface area (Å²) in [6.45, 7) is 3.87. The molecule has 134 valence electrons. The van der Waals surface area contributed by atoms with Crippen LogP contribution in [0.15, 0.2) is 41.6 Å². The molecule has 2 aromatic carbocycles. The lowest BCUT2D eigenvalue weighted by Gasteiger charge is -2.11. The van der Waals surface area contributed by atoms with Crippen LogP contribution in [0.5, 0.6) is 0 Å². The molecule has 1 amide bonds. The van der Waals surface area contributed by atoms with E-state index in [1.54, 1.807) is 12.1 Å². The summed E-state index contributed by atoms with van der Waals surface area (Å²) in [6, 6.07) is 11.1. The summed E-state index contributed by atoms with van der Waals surface area (Å²) in [7, 11) is 0. The maximum absolute atomic E-state index is 12.2. The quantitative estimate of drug-likeness (QED) is 0.576. The van der Waals surface area contributed by atoms with E-state index < -0.39 is 0 Å². The molecule has 0 unspecified atom stereocenters. The third kappa shape index (κ3) is 4.58. The molecular formula is C18H16Cl2N4OS. The molecule has 3 aromatic rings. The van der Waals surface area contributed by atoms with Crippen molar-refractivity contribution in [3.8, 4) is 11.4 Å². The Morgan fingerprint density at radius 3 is 2.62 bits per heavy atom. The van der Waals surface area contributed by atoms with Gasteiger partial charge in [-0.15, -0.1) is 5.10 Å². The standard InChI is InChI=1S/C18H16Cl2N4OS/c1-10-7-11(2)16(14(20)8-10)21-15(25)9-26-18-22-17(23-24-18)12-3-5-13(19)6-4-12/h3-8H,9H2,1-2H3,(H,21,25)(H,22,23,24). The number of anilines is 1. The molecule has 0 radical (unpaired) electrons. The average molecular weight is 407 g/mol. The van der Waals surface area contributed by atoms with Crippen molar-refractivity contribution in [2.24, 2.45) is 0 Å². The highest BCUT2D eigenvalue weighted by molar-refractivity contribution is 7.99. The van der Waals surface area contributed by atoms with Crippen LogP contribution in [0.4, 0.5) is 5.69 Å². The van der Waals surface area contributed by atoms with Gasteiger partial charge in [-0.2, -0.15) is 0 Å². The van der Waals surface area contributed by atoms with Gasteiger partial charge in [-0.05, 0) is 55.3 Å². The molecule has 1 heterocycles. The number of H-pyrrole nitrogens is 1. The fraction of sp³-hybridized carbons (Fsp3) is 0.167. The molecule has 0 saturated carbocycles. The molecule has 0 spiro atoms. The third-order valence-corrected chi connectivity index (χ3v) is 5.01. The first-order valence-electron chi connectivity index (χ1n) is 7.80. The molecule has 0 aliphatic rings. The monoisotopic (exact) mass is 406 g/mol. The largest absolute Gasteiger partial charge is 0.324 e. The van der Waals surface area contributed by atoms with Gasteiger partial charge in [0.2, 0.25) is 11.1 Å². The molecule has 0 aliphatic carbocycles. The number of aryl methyl sites for hydroxylation is 2. The molecule has 0 aliphatic heterocycles. The van der Waals surface area contributed by atoms with Gasteiger partial charge >= 0.3 is 0 Å². The van der Waals surface area contributed by atoms with Gasteiger partial charge in [0.25, 0.3) is 0 Å². The van der Waals surface area contributed by atoms with Crippen LogP contribution in [0, 0.1) is 13.8 Å². The normalized spacial score (nSPS) is 10.8. The van der Waals surface area contributed by atoms with E-state index in [0.29, 0.717) is 26.7 Å². The zero-order valence-corrected chi connectivity index (χ0v) is 16.5. The predicted octanol–water partition coefficient (Wildman–Crippen LogP) is 5.13. The van der Waals surface area contributed by atoms with Gasteiger partial charge in [0.15, 0.2) is 5.82 Å². The molecule has 2 N–H and O–H groups in total. The second kappa shape index (κ2) is 8.12. The molecule has 0 bridgehead atoms. The van der Waals surface area contributed by atoms with Gasteiger partial charge in [-0.3, -0.25) is 9.89 Å². The van der Waals surface area contributed by atoms with E-state index in [4.69, 9.17) is 23.2 Å². The van der Waals surface area contributed by atoms with Crippen molar-refractivity contribution >= 4 is 46.6 Å². The topological polar surface area (TPSA) is 70.7 Å². The zero-order valence-electron chi connectivity index (χ0n) is 14.1. The van der Waals surface area contributed by atoms with Crippen LogP contribution in [0.2, 0.25) is 10.0 Å². The zero-order chi connectivity index (χ0) is 18.7. The second-order valence-corrected chi connectivity index (χ2v) is 7.54. The minimum Gasteiger partial charge on any atom is -0.324 e. The van der Waals surface area contributed by atoms with Crippen LogP contribution in [-0.4, -0.2) is 26.8 Å². The Bertz CT molecular complexity index is 918. The van der Waals surface area contributed by atoms with E-state index >= 15 is 0 Å². The van der Waals surface area contributed by atoms with Crippen molar-refractivity contribution in [3.05, 3.63) is 57.6 Å². The maximum Gasteiger partial charge on any atom is 0.234 e. The number of nitrogens with one attached hydrogen (secondary N) is 2. The van der Waals surface area contributed by atoms with Crippen molar-refractivity contribution in [1.29, 1.82) is 0 Å². The number of benzene rings is 2. The molecule has 8 heteroatoms. The summed E-state index contributed by atoms with van der Waals surface area (Å²) in [5.41, 5.74) is 3.49. The molecule has 0 atom stereocenters. The smallest absolute Gasteiger partial charge is 0.234 e. The molecule has 1 aromatic heterocycles. The summed E-state index contributed by atoms with van der Waals surface area (Å²) < 4.78 is 0. The van der Waals surface area contributed by atoms with Crippen molar-refractivity contribution in [3.63, 3.8) is 0 Å². The van der Waals surface area contributed by atoms with Gasteiger partial charge in [-0.25, -0.2) is 4.98 Å². The van der Waals surface area contributed by atoms with Gasteiger partial charge in [-0.1, -0.05) is 41.0 Å². The number of amides is 1. The highest BCUT2D eigenvalue weighted by Gasteiger charge is 2.12. The highest BCUT2D eigenvalue weighted by atomic mass is 35.5. The first-order chi connectivity index (χ1) is 12.4. The van der Waals surface area contributed by atoms with Crippen molar-refractivity contribution < 1.29 is 4.79 Å². The van der Waals surface area contributed by atoms with Gasteiger partial charge in [0, 0.05) is 10.6 Å². The summed E-state index contributed by atoms with van der Waals surface area (Å²) in [4.78, 5) is 16.6. The van der Waals surface area contributed by atoms with Crippen LogP contribution >= 0.6 is 35.0 Å². The lowest BCUT2D eigenvalue weighted by molar-refractivity contribution is -0.113. The summed E-state index contributed by atoms with van der Waals surface area (Å²) in [5.74, 6) is 0.644. The van der Waals surface area contributed by atoms with Crippen LogP contribution in [0.25, 0.3) is 11.4 Å². The van der Waals surface area contributed by atoms with E-state index in [0.717, 1.165) is 16.7 Å². The number of carbonyl (C=O) groups is 1. The molecule has 5 nitrogen and oxygen atoms in total. The van der Waals surface area contributed by atoms with Crippen LogP contribution in [0.3, 0.4) is 0 Å². The lowest BCUT2D eigenvalue weighted by Crippen LogP contribution is -2.15. The molecule has 0 fully saturated rings. The first kappa shape index (κ1) is 18.8. The summed E-state index contributed by atoms with van der Waals surface area (Å²) in [6.07, 6.45) is 0. The van der Waals surface area contributed by atoms with E-state index in [9.17, 15) is 4.79 Å². The third-order valence-electron chi connectivity index (χ3n) is 3.61. The van der Waals surface area contributed by atoms with Crippen molar-refractivity contribution in [2.45, 2.75) is 19.0 Å². The lowest BCUT2D eigenvalue weighted by atomic mass is 10.1. The SMILES string of the molecule is Cc1cc(C)c(NC(=O)CSc2n[nH]c(-c3ccc(Cl)cc3)n2)c(Cl)c1. The summed E-state index contributed by atoms with van der Waals surface area (Å²) in [5, 5.41) is 11.5. The van der Waals surface area contributed by atoms with Crippen molar-refractivity contribution in [2.75, 3.05) is 11.1 Å². The van der Waals surface area contributed by atoms with Gasteiger partial charge < -0.3 is 5.32 Å². The number of carbonyl (C=O) groups excluding carboxylic acids is 1. The maximum atomic E-state index is 12.2. The number of aromatic amines is 1. The summed E-state index contributed by atoms with van der Waals surface area (Å²) >= 11 is 13.3. The number of hydrogen-bond donors (Lipinski definition) is 2. The highest BCUT2D eigenvalue weighted by Crippen LogP contribution is 2.28. The van der Waals surface area contributed by atoms with E-state index in [2.05, 4.69) is 20.5 Å². The number of hydrogen-bond acceptors (Lipinski definition) is 4. The predicted molar refractivity (Wildman–Crippen MR) is 107 cm³/mol. The second-order valence-electron chi connectivity index (χ2n) is 5.75. The number of halogens is 2. The van der Waals surface area contributed by atoms with Crippen LogP contribution in [0.1, 0.15) is 11.1 Å². The Balaban J connectivity index is 1.61. The van der Waals surface area contributed by atoms with E-state index in [-0.39, 0.29) is 11.7 Å². The molecule has 3 rings (SSSR count). The number of aromatic nitrogens is 3. The number of thioether (sulfide) groups is 1. The molecular weight excluding hydrogens is 391 g/mol. The van der Waals surface area contributed by atoms with E-state index in [1.165, 1.54) is 11.8 Å². The Morgan fingerprint density at radius 2 is 1.92 bits per heavy atom. The van der Waals surface area contributed by atoms with Crippen molar-refractivity contribution in [1.82, 2.24) is 15.2 Å². The van der Waals surface area contributed by atoms with Gasteiger partial charge in [0.1, 0.15) is 0 Å². The fourth-order valence-corrected chi connectivity index (χ4v) is 3.52. The Labute approximate surface area is 165 Å². The Morgan fingerprint density at radius 1 is 1.19 bits per heavy atom. The van der Waals surface area contributed by atoms with Crippen LogP contribution < -0.4 is 5.32 Å². The van der Waals surface area contributed by atoms with Gasteiger partial charge in [0.05, 0.1) is 16.5 Å². The Hall–Kier alpha value is -2.02. The minimum atomic E-state index is -0.165. The van der Waals surface area contributed by atoms with E-state index in [1.807, 2.05) is 38.1 Å². The van der Waals surface area contributed by atoms with Crippen LogP contribution in [-0.2, 0) is 4.79 Å². The molecule has 26 heavy (non-hydrogen) atoms. The number of nitrogens with zero attached hydrogens (tertiary/aromatic N) is 2. The first-order valence-corrected chi connectivity index (χ1v) is 9.54. The number of rotatable bonds is 5. The fourth-order valence-electron chi connectivity index (χ4n) is 2.43. The minimum absolute atomic E-state index is 0.165. The molecule has 0 saturated heterocycles.